The summed E-state index contributed by atoms with van der Waals surface area (Å²) in [4.78, 5) is 42.1. The van der Waals surface area contributed by atoms with Gasteiger partial charge in [-0.15, -0.1) is 10.2 Å². The van der Waals surface area contributed by atoms with E-state index in [0.717, 1.165) is 25.2 Å². The van der Waals surface area contributed by atoms with Crippen LogP contribution < -0.4 is 10.2 Å². The summed E-state index contributed by atoms with van der Waals surface area (Å²) in [5, 5.41) is 12.3. The molecule has 1 N–H and O–H groups in total. The van der Waals surface area contributed by atoms with Crippen LogP contribution in [-0.4, -0.2) is 102 Å². The Morgan fingerprint density at radius 2 is 1.71 bits per heavy atom. The van der Waals surface area contributed by atoms with Gasteiger partial charge in [0.2, 0.25) is 5.01 Å². The molecule has 0 radical (unpaired) electrons. The van der Waals surface area contributed by atoms with Gasteiger partial charge < -0.3 is 24.8 Å². The fraction of sp³-hybridized carbons (Fsp3) is 0.333. The van der Waals surface area contributed by atoms with Gasteiger partial charge in [-0.1, -0.05) is 53.8 Å². The maximum atomic E-state index is 13.7. The first kappa shape index (κ1) is 29.2. The van der Waals surface area contributed by atoms with Crippen molar-refractivity contribution < 1.29 is 14.3 Å². The van der Waals surface area contributed by atoms with Crippen molar-refractivity contribution in [1.29, 1.82) is 0 Å². The van der Waals surface area contributed by atoms with Crippen molar-refractivity contribution in [2.24, 2.45) is 0 Å². The third-order valence-corrected chi connectivity index (χ3v) is 7.76. The summed E-state index contributed by atoms with van der Waals surface area (Å²) in [5.74, 6) is 0.619. The van der Waals surface area contributed by atoms with Crippen LogP contribution >= 0.6 is 11.3 Å². The van der Waals surface area contributed by atoms with E-state index in [0.29, 0.717) is 59.2 Å². The molecule has 1 aliphatic heterocycles. The molecule has 218 valence electrons. The molecule has 2 aromatic heterocycles. The first-order chi connectivity index (χ1) is 20.4. The molecule has 11 nitrogen and oxygen atoms in total. The summed E-state index contributed by atoms with van der Waals surface area (Å²) < 4.78 is 5.35. The van der Waals surface area contributed by atoms with Crippen LogP contribution in [0.1, 0.15) is 27.2 Å². The van der Waals surface area contributed by atoms with Crippen LogP contribution in [0.4, 0.5) is 11.5 Å². The first-order valence-corrected chi connectivity index (χ1v) is 14.7. The molecule has 0 aliphatic carbocycles. The number of carbonyl (C=O) groups excluding carboxylic acids is 2. The monoisotopic (exact) mass is 586 g/mol. The van der Waals surface area contributed by atoms with Crippen LogP contribution in [0.25, 0.3) is 22.0 Å². The van der Waals surface area contributed by atoms with Crippen LogP contribution in [0.15, 0.2) is 60.7 Å². The number of para-hydroxylation sites is 1. The van der Waals surface area contributed by atoms with Crippen molar-refractivity contribution in [1.82, 2.24) is 30.0 Å². The zero-order chi connectivity index (χ0) is 29.5. The Labute approximate surface area is 249 Å². The van der Waals surface area contributed by atoms with Crippen molar-refractivity contribution in [3.05, 3.63) is 71.4 Å². The fourth-order valence-electron chi connectivity index (χ4n) is 4.47. The molecule has 5 rings (SSSR count). The first-order valence-electron chi connectivity index (χ1n) is 13.9. The number of morpholine rings is 1. The minimum atomic E-state index is -0.374. The van der Waals surface area contributed by atoms with Gasteiger partial charge in [0.1, 0.15) is 16.5 Å². The van der Waals surface area contributed by atoms with Gasteiger partial charge in [0.25, 0.3) is 11.8 Å². The van der Waals surface area contributed by atoms with E-state index in [1.165, 1.54) is 11.3 Å². The number of anilines is 2. The average Bonchev–Trinajstić information content (AvgIpc) is 3.52. The number of nitrogens with one attached hydrogen (secondary N) is 1. The maximum absolute atomic E-state index is 13.7. The van der Waals surface area contributed by atoms with Gasteiger partial charge >= 0.3 is 0 Å². The Balaban J connectivity index is 1.43. The van der Waals surface area contributed by atoms with Gasteiger partial charge in [-0.3, -0.25) is 9.59 Å². The molecule has 0 saturated carbocycles. The van der Waals surface area contributed by atoms with Gasteiger partial charge in [-0.05, 0) is 33.2 Å². The third kappa shape index (κ3) is 6.96. The van der Waals surface area contributed by atoms with Crippen LogP contribution in [0.3, 0.4) is 0 Å². The number of amides is 2. The largest absolute Gasteiger partial charge is 0.378 e. The maximum Gasteiger partial charge on any atom is 0.285 e. The fourth-order valence-corrected chi connectivity index (χ4v) is 5.32. The lowest BCUT2D eigenvalue weighted by atomic mass is 10.1. The molecule has 3 heterocycles. The minimum Gasteiger partial charge on any atom is -0.378 e. The minimum absolute atomic E-state index is 0.166. The molecule has 1 saturated heterocycles. The van der Waals surface area contributed by atoms with Crippen LogP contribution in [0, 0.1) is 0 Å². The molecule has 0 atom stereocenters. The lowest BCUT2D eigenvalue weighted by molar-refractivity contribution is 0.0302. The number of aromatic nitrogens is 4. The predicted octanol–water partition coefficient (Wildman–Crippen LogP) is 3.77. The summed E-state index contributed by atoms with van der Waals surface area (Å²) >= 11 is 1.20. The summed E-state index contributed by atoms with van der Waals surface area (Å²) in [7, 11) is 4.05. The third-order valence-electron chi connectivity index (χ3n) is 6.81. The molecule has 4 aromatic rings. The Bertz CT molecular complexity index is 1520. The number of benzene rings is 2. The molecule has 0 bridgehead atoms. The highest BCUT2D eigenvalue weighted by Gasteiger charge is 2.24. The Kier molecular flexibility index (Phi) is 9.47. The summed E-state index contributed by atoms with van der Waals surface area (Å²) in [6.07, 6.45) is 0. The van der Waals surface area contributed by atoms with E-state index in [2.05, 4.69) is 37.2 Å². The molecular weight excluding hydrogens is 552 g/mol. The van der Waals surface area contributed by atoms with E-state index in [4.69, 9.17) is 9.72 Å². The number of hydrogen-bond acceptors (Lipinski definition) is 10. The summed E-state index contributed by atoms with van der Waals surface area (Å²) in [6, 6.07) is 18.7. The molecule has 0 spiro atoms. The molecule has 1 fully saturated rings. The van der Waals surface area contributed by atoms with Crippen LogP contribution in [0.5, 0.6) is 0 Å². The number of rotatable bonds is 10. The predicted molar refractivity (Wildman–Crippen MR) is 164 cm³/mol. The van der Waals surface area contributed by atoms with E-state index in [1.54, 1.807) is 17.0 Å². The molecule has 1 aliphatic rings. The van der Waals surface area contributed by atoms with Crippen molar-refractivity contribution >= 4 is 34.7 Å². The van der Waals surface area contributed by atoms with Crippen molar-refractivity contribution in [3.8, 4) is 22.0 Å². The van der Waals surface area contributed by atoms with Crippen LogP contribution in [-0.2, 0) is 4.74 Å². The quantitative estimate of drug-likeness (QED) is 0.296. The standard InChI is InChI=1S/C30H34N8O3S/c1-4-37(15-14-36(2)3)25-20-24(31-26(33-25)21-10-6-5-7-11-21)27(39)32-23-13-9-8-12-22(23)28-34-35-29(42-28)30(40)38-16-18-41-19-17-38/h5-13,20H,4,14-19H2,1-3H3,(H,32,39). The Hall–Kier alpha value is -4.26. The highest BCUT2D eigenvalue weighted by atomic mass is 32.1. The van der Waals surface area contributed by atoms with Crippen molar-refractivity contribution in [2.45, 2.75) is 6.92 Å². The second kappa shape index (κ2) is 13.6. The highest BCUT2D eigenvalue weighted by Crippen LogP contribution is 2.31. The van der Waals surface area contributed by atoms with Crippen molar-refractivity contribution in [2.75, 3.05) is 70.2 Å². The molecular formula is C30H34N8O3S. The van der Waals surface area contributed by atoms with E-state index >= 15 is 0 Å². The average molecular weight is 587 g/mol. The number of ether oxygens (including phenoxy) is 1. The van der Waals surface area contributed by atoms with Gasteiger partial charge in [-0.25, -0.2) is 9.97 Å². The van der Waals surface area contributed by atoms with Crippen molar-refractivity contribution in [3.63, 3.8) is 0 Å². The van der Waals surface area contributed by atoms with E-state index < -0.39 is 0 Å². The lowest BCUT2D eigenvalue weighted by Crippen LogP contribution is -2.40. The molecule has 2 amide bonds. The molecule has 0 unspecified atom stereocenters. The Morgan fingerprint density at radius 1 is 0.976 bits per heavy atom. The second-order valence-corrected chi connectivity index (χ2v) is 11.0. The highest BCUT2D eigenvalue weighted by molar-refractivity contribution is 7.16. The van der Waals surface area contributed by atoms with Crippen LogP contribution in [0.2, 0.25) is 0 Å². The number of likely N-dealkylation sites (N-methyl/N-ethyl adjacent to an activating group) is 2. The molecule has 42 heavy (non-hydrogen) atoms. The van der Waals surface area contributed by atoms with Gasteiger partial charge in [0.05, 0.1) is 18.9 Å². The second-order valence-electron chi connectivity index (χ2n) is 10.0. The summed E-state index contributed by atoms with van der Waals surface area (Å²) in [5.41, 5.74) is 2.29. The smallest absolute Gasteiger partial charge is 0.285 e. The van der Waals surface area contributed by atoms with Gasteiger partial charge in [0.15, 0.2) is 5.82 Å². The number of hydrogen-bond donors (Lipinski definition) is 1. The zero-order valence-electron chi connectivity index (χ0n) is 24.0. The van der Waals surface area contributed by atoms with Gasteiger partial charge in [-0.2, -0.15) is 0 Å². The van der Waals surface area contributed by atoms with E-state index in [9.17, 15) is 9.59 Å². The van der Waals surface area contributed by atoms with E-state index in [-0.39, 0.29) is 17.5 Å². The number of carbonyl (C=O) groups is 2. The normalized spacial score (nSPS) is 13.3. The SMILES string of the molecule is CCN(CCN(C)C)c1cc(C(=O)Nc2ccccc2-c2nnc(C(=O)N3CCOCC3)s2)nc(-c2ccccc2)n1. The zero-order valence-corrected chi connectivity index (χ0v) is 24.8. The van der Waals surface area contributed by atoms with E-state index in [1.807, 2.05) is 62.6 Å². The topological polar surface area (TPSA) is 117 Å². The summed E-state index contributed by atoms with van der Waals surface area (Å²) in [6.45, 7) is 6.45. The Morgan fingerprint density at radius 3 is 2.45 bits per heavy atom. The molecule has 2 aromatic carbocycles. The number of nitrogens with zero attached hydrogens (tertiary/aromatic N) is 7. The lowest BCUT2D eigenvalue weighted by Gasteiger charge is -2.25. The van der Waals surface area contributed by atoms with Gasteiger partial charge in [0, 0.05) is 49.9 Å². The molecule has 12 heteroatoms.